The number of rotatable bonds is 2. The molecule has 0 aliphatic rings. The van der Waals surface area contributed by atoms with E-state index in [4.69, 9.17) is 10.2 Å². The Balaban J connectivity index is 2.04. The third kappa shape index (κ3) is 3.01. The fraction of sp³-hybridized carbons (Fsp3) is 0.182. The van der Waals surface area contributed by atoms with Gasteiger partial charge in [0, 0.05) is 40.0 Å². The molecule has 0 radical (unpaired) electrons. The fourth-order valence-corrected chi connectivity index (χ4v) is 3.29. The summed E-state index contributed by atoms with van der Waals surface area (Å²) in [6, 6.07) is 11.4. The molecule has 27 heavy (non-hydrogen) atoms. The SMILES string of the molecule is CC(C)(C)c1cc(-c2ccc[nH]c2=O)cc2c(-c3ccc(N)nc3)coc12. The van der Waals surface area contributed by atoms with E-state index >= 15 is 0 Å². The highest BCUT2D eigenvalue weighted by molar-refractivity contribution is 5.98. The van der Waals surface area contributed by atoms with Crippen LogP contribution in [0.3, 0.4) is 0 Å². The molecule has 0 amide bonds. The van der Waals surface area contributed by atoms with Gasteiger partial charge < -0.3 is 15.1 Å². The van der Waals surface area contributed by atoms with Gasteiger partial charge in [0.05, 0.1) is 6.26 Å². The van der Waals surface area contributed by atoms with Crippen molar-refractivity contribution in [3.05, 3.63) is 71.0 Å². The number of nitrogen functional groups attached to an aromatic ring is 1. The molecule has 0 atom stereocenters. The number of hydrogen-bond acceptors (Lipinski definition) is 4. The average Bonchev–Trinajstić information content (AvgIpc) is 3.05. The highest BCUT2D eigenvalue weighted by Gasteiger charge is 2.23. The Morgan fingerprint density at radius 2 is 1.89 bits per heavy atom. The number of aromatic nitrogens is 2. The Kier molecular flexibility index (Phi) is 3.88. The van der Waals surface area contributed by atoms with Crippen LogP contribution in [0.1, 0.15) is 26.3 Å². The van der Waals surface area contributed by atoms with Crippen molar-refractivity contribution in [3.63, 3.8) is 0 Å². The molecule has 3 N–H and O–H groups in total. The topological polar surface area (TPSA) is 84.9 Å². The van der Waals surface area contributed by atoms with Crippen LogP contribution in [0, 0.1) is 0 Å². The minimum Gasteiger partial charge on any atom is -0.463 e. The van der Waals surface area contributed by atoms with Gasteiger partial charge in [-0.3, -0.25) is 4.79 Å². The Labute approximate surface area is 156 Å². The number of hydrogen-bond donors (Lipinski definition) is 2. The third-order valence-electron chi connectivity index (χ3n) is 4.71. The van der Waals surface area contributed by atoms with Crippen molar-refractivity contribution < 1.29 is 4.42 Å². The normalized spacial score (nSPS) is 11.8. The van der Waals surface area contributed by atoms with Gasteiger partial charge in [0.2, 0.25) is 0 Å². The molecule has 0 spiro atoms. The second kappa shape index (κ2) is 6.13. The number of nitrogens with one attached hydrogen (secondary N) is 1. The van der Waals surface area contributed by atoms with E-state index in [1.165, 1.54) is 0 Å². The highest BCUT2D eigenvalue weighted by atomic mass is 16.3. The Morgan fingerprint density at radius 1 is 1.07 bits per heavy atom. The van der Waals surface area contributed by atoms with Crippen LogP contribution in [0.5, 0.6) is 0 Å². The maximum absolute atomic E-state index is 12.3. The minimum atomic E-state index is -0.149. The number of furan rings is 1. The molecule has 5 nitrogen and oxygen atoms in total. The lowest BCUT2D eigenvalue weighted by atomic mass is 9.83. The maximum Gasteiger partial charge on any atom is 0.255 e. The molecule has 0 bridgehead atoms. The zero-order valence-electron chi connectivity index (χ0n) is 15.5. The molecule has 0 saturated carbocycles. The lowest BCUT2D eigenvalue weighted by molar-refractivity contribution is 0.559. The van der Waals surface area contributed by atoms with Crippen LogP contribution in [0.15, 0.2) is 64.3 Å². The molecular formula is C22H21N3O2. The van der Waals surface area contributed by atoms with Crippen LogP contribution in [-0.4, -0.2) is 9.97 Å². The molecule has 3 aromatic heterocycles. The first-order chi connectivity index (χ1) is 12.8. The molecular weight excluding hydrogens is 338 g/mol. The van der Waals surface area contributed by atoms with E-state index in [9.17, 15) is 4.79 Å². The van der Waals surface area contributed by atoms with Gasteiger partial charge in [-0.05, 0) is 47.4 Å². The summed E-state index contributed by atoms with van der Waals surface area (Å²) in [4.78, 5) is 19.3. The highest BCUT2D eigenvalue weighted by Crippen LogP contribution is 2.39. The first kappa shape index (κ1) is 17.1. The fourth-order valence-electron chi connectivity index (χ4n) is 3.29. The second-order valence-electron chi connectivity index (χ2n) is 7.68. The average molecular weight is 359 g/mol. The van der Waals surface area contributed by atoms with Gasteiger partial charge in [0.1, 0.15) is 11.4 Å². The maximum atomic E-state index is 12.3. The van der Waals surface area contributed by atoms with Crippen molar-refractivity contribution in [2.75, 3.05) is 5.73 Å². The summed E-state index contributed by atoms with van der Waals surface area (Å²) >= 11 is 0. The molecule has 1 aromatic carbocycles. The molecule has 3 heterocycles. The summed E-state index contributed by atoms with van der Waals surface area (Å²) in [5, 5.41) is 0.951. The van der Waals surface area contributed by atoms with Crippen molar-refractivity contribution in [2.45, 2.75) is 26.2 Å². The van der Waals surface area contributed by atoms with Crippen LogP contribution < -0.4 is 11.3 Å². The molecule has 136 valence electrons. The number of H-pyrrole nitrogens is 1. The number of benzene rings is 1. The van der Waals surface area contributed by atoms with Gasteiger partial charge in [-0.25, -0.2) is 4.98 Å². The minimum absolute atomic E-state index is 0.115. The molecule has 0 fully saturated rings. The molecule has 0 saturated heterocycles. The first-order valence-corrected chi connectivity index (χ1v) is 8.80. The summed E-state index contributed by atoms with van der Waals surface area (Å²) in [7, 11) is 0. The zero-order chi connectivity index (χ0) is 19.2. The monoisotopic (exact) mass is 359 g/mol. The van der Waals surface area contributed by atoms with Crippen molar-refractivity contribution in [3.8, 4) is 22.3 Å². The molecule has 4 rings (SSSR count). The van der Waals surface area contributed by atoms with E-state index < -0.39 is 0 Å². The summed E-state index contributed by atoms with van der Waals surface area (Å²) in [6.07, 6.45) is 5.11. The molecule has 0 aliphatic heterocycles. The summed E-state index contributed by atoms with van der Waals surface area (Å²) in [5.41, 5.74) is 10.7. The molecule has 4 aromatic rings. The van der Waals surface area contributed by atoms with Crippen LogP contribution in [0.25, 0.3) is 33.2 Å². The quantitative estimate of drug-likeness (QED) is 0.542. The Bertz CT molecular complexity index is 1180. The van der Waals surface area contributed by atoms with Crippen LogP contribution in [0.2, 0.25) is 0 Å². The summed E-state index contributed by atoms with van der Waals surface area (Å²) < 4.78 is 5.97. The number of fused-ring (bicyclic) bond motifs is 1. The third-order valence-corrected chi connectivity index (χ3v) is 4.71. The molecule has 0 aliphatic carbocycles. The van der Waals surface area contributed by atoms with Crippen molar-refractivity contribution >= 4 is 16.8 Å². The summed E-state index contributed by atoms with van der Waals surface area (Å²) in [6.45, 7) is 6.40. The smallest absolute Gasteiger partial charge is 0.255 e. The summed E-state index contributed by atoms with van der Waals surface area (Å²) in [5.74, 6) is 0.471. The van der Waals surface area contributed by atoms with Gasteiger partial charge in [-0.1, -0.05) is 20.8 Å². The van der Waals surface area contributed by atoms with Crippen molar-refractivity contribution in [1.82, 2.24) is 9.97 Å². The lowest BCUT2D eigenvalue weighted by Gasteiger charge is -2.20. The van der Waals surface area contributed by atoms with E-state index in [2.05, 4.69) is 30.7 Å². The van der Waals surface area contributed by atoms with Gasteiger partial charge in [-0.15, -0.1) is 0 Å². The van der Waals surface area contributed by atoms with Gasteiger partial charge in [0.25, 0.3) is 5.56 Å². The van der Waals surface area contributed by atoms with Crippen LogP contribution >= 0.6 is 0 Å². The molecule has 5 heteroatoms. The van der Waals surface area contributed by atoms with Gasteiger partial charge in [-0.2, -0.15) is 0 Å². The van der Waals surface area contributed by atoms with E-state index in [-0.39, 0.29) is 11.0 Å². The van der Waals surface area contributed by atoms with Crippen LogP contribution in [-0.2, 0) is 5.41 Å². The predicted octanol–water partition coefficient (Wildman–Crippen LogP) is 4.73. The van der Waals surface area contributed by atoms with Gasteiger partial charge in [0.15, 0.2) is 0 Å². The Morgan fingerprint density at radius 3 is 2.56 bits per heavy atom. The second-order valence-corrected chi connectivity index (χ2v) is 7.68. The van der Waals surface area contributed by atoms with Crippen molar-refractivity contribution in [2.24, 2.45) is 0 Å². The standard InChI is InChI=1S/C22H21N3O2/c1-22(2,3)18-10-14(15-5-4-8-24-21(15)26)9-16-17(12-27-20(16)18)13-6-7-19(23)25-11-13/h4-12H,1-3H3,(H2,23,25)(H,24,26). The van der Waals surface area contributed by atoms with Gasteiger partial charge >= 0.3 is 0 Å². The lowest BCUT2D eigenvalue weighted by Crippen LogP contribution is -2.13. The largest absolute Gasteiger partial charge is 0.463 e. The Hall–Kier alpha value is -3.34. The number of nitrogens with zero attached hydrogens (tertiary/aromatic N) is 1. The van der Waals surface area contributed by atoms with E-state index in [1.807, 2.05) is 30.3 Å². The van der Waals surface area contributed by atoms with E-state index in [0.717, 1.165) is 33.2 Å². The van der Waals surface area contributed by atoms with E-state index in [0.29, 0.717) is 11.4 Å². The number of nitrogens with two attached hydrogens (primary N) is 1. The van der Waals surface area contributed by atoms with Crippen LogP contribution in [0.4, 0.5) is 5.82 Å². The van der Waals surface area contributed by atoms with E-state index in [1.54, 1.807) is 24.7 Å². The zero-order valence-corrected chi connectivity index (χ0v) is 15.5. The predicted molar refractivity (Wildman–Crippen MR) is 109 cm³/mol. The number of anilines is 1. The number of aromatic amines is 1. The van der Waals surface area contributed by atoms with Crippen molar-refractivity contribution in [1.29, 1.82) is 0 Å². The number of pyridine rings is 2. The first-order valence-electron chi connectivity index (χ1n) is 8.80. The molecule has 0 unspecified atom stereocenters.